The van der Waals surface area contributed by atoms with Gasteiger partial charge in [0.25, 0.3) is 0 Å². The molecule has 0 aromatic carbocycles. The summed E-state index contributed by atoms with van der Waals surface area (Å²) in [4.78, 5) is 4.07. The molecule has 0 aliphatic heterocycles. The lowest BCUT2D eigenvalue weighted by Gasteiger charge is -2.19. The molecule has 0 aromatic rings. The van der Waals surface area contributed by atoms with Gasteiger partial charge in [0.05, 0.1) is 10.5 Å². The number of sulfone groups is 1. The minimum absolute atomic E-state index is 0.117. The SMILES string of the molecule is CCCCCNC(=NC)NCCS(=O)(=O)C(C)(C)C. The topological polar surface area (TPSA) is 70.6 Å². The van der Waals surface area contributed by atoms with Gasteiger partial charge in [-0.05, 0) is 27.2 Å². The summed E-state index contributed by atoms with van der Waals surface area (Å²) in [6.07, 6.45) is 3.46. The van der Waals surface area contributed by atoms with E-state index in [-0.39, 0.29) is 5.75 Å². The van der Waals surface area contributed by atoms with Crippen LogP contribution in [-0.2, 0) is 9.84 Å². The van der Waals surface area contributed by atoms with Crippen LogP contribution in [-0.4, -0.2) is 45.0 Å². The highest BCUT2D eigenvalue weighted by atomic mass is 32.2. The molecule has 0 aromatic heterocycles. The van der Waals surface area contributed by atoms with E-state index in [0.29, 0.717) is 12.5 Å². The standard InChI is InChI=1S/C13H29N3O2S/c1-6-7-8-9-15-12(14-5)16-10-11-19(17,18)13(2,3)4/h6-11H2,1-5H3,(H2,14,15,16). The molecule has 5 nitrogen and oxygen atoms in total. The van der Waals surface area contributed by atoms with E-state index in [4.69, 9.17) is 0 Å². The summed E-state index contributed by atoms with van der Waals surface area (Å²) in [7, 11) is -1.39. The molecule has 0 atom stereocenters. The molecule has 0 fully saturated rings. The molecule has 114 valence electrons. The number of hydrogen-bond donors (Lipinski definition) is 2. The molecular formula is C13H29N3O2S. The third-order valence-corrected chi connectivity index (χ3v) is 5.50. The van der Waals surface area contributed by atoms with Crippen molar-refractivity contribution >= 4 is 15.8 Å². The molecule has 19 heavy (non-hydrogen) atoms. The second-order valence-corrected chi connectivity index (χ2v) is 8.43. The van der Waals surface area contributed by atoms with Gasteiger partial charge < -0.3 is 10.6 Å². The van der Waals surface area contributed by atoms with Crippen LogP contribution in [0.1, 0.15) is 47.0 Å². The van der Waals surface area contributed by atoms with Gasteiger partial charge in [-0.3, -0.25) is 4.99 Å². The van der Waals surface area contributed by atoms with E-state index in [1.807, 2.05) is 0 Å². The lowest BCUT2D eigenvalue weighted by Crippen LogP contribution is -2.42. The average molecular weight is 291 g/mol. The number of nitrogens with one attached hydrogen (secondary N) is 2. The lowest BCUT2D eigenvalue weighted by molar-refractivity contribution is 0.559. The number of unbranched alkanes of at least 4 members (excludes halogenated alkanes) is 2. The van der Waals surface area contributed by atoms with Crippen molar-refractivity contribution < 1.29 is 8.42 Å². The predicted molar refractivity (Wildman–Crippen MR) is 82.4 cm³/mol. The Kier molecular flexibility index (Phi) is 8.06. The highest BCUT2D eigenvalue weighted by molar-refractivity contribution is 7.92. The fourth-order valence-electron chi connectivity index (χ4n) is 1.41. The van der Waals surface area contributed by atoms with Crippen LogP contribution < -0.4 is 10.6 Å². The van der Waals surface area contributed by atoms with E-state index in [9.17, 15) is 8.42 Å². The maximum atomic E-state index is 11.9. The van der Waals surface area contributed by atoms with Crippen molar-refractivity contribution in [3.63, 3.8) is 0 Å². The molecule has 0 saturated carbocycles. The van der Waals surface area contributed by atoms with E-state index in [0.717, 1.165) is 13.0 Å². The molecule has 6 heteroatoms. The maximum Gasteiger partial charge on any atom is 0.191 e. The zero-order valence-electron chi connectivity index (χ0n) is 12.9. The Morgan fingerprint density at radius 2 is 1.68 bits per heavy atom. The van der Waals surface area contributed by atoms with Gasteiger partial charge in [-0.2, -0.15) is 0 Å². The Morgan fingerprint density at radius 1 is 1.11 bits per heavy atom. The fourth-order valence-corrected chi connectivity index (χ4v) is 2.40. The van der Waals surface area contributed by atoms with Gasteiger partial charge in [-0.1, -0.05) is 19.8 Å². The number of guanidine groups is 1. The summed E-state index contributed by atoms with van der Waals surface area (Å²) in [5, 5.41) is 6.21. The van der Waals surface area contributed by atoms with Crippen LogP contribution in [0.25, 0.3) is 0 Å². The third kappa shape index (κ3) is 7.40. The summed E-state index contributed by atoms with van der Waals surface area (Å²) in [5.74, 6) is 0.784. The number of rotatable bonds is 7. The Bertz CT molecular complexity index is 370. The first kappa shape index (κ1) is 18.2. The zero-order chi connectivity index (χ0) is 14.9. The monoisotopic (exact) mass is 291 g/mol. The van der Waals surface area contributed by atoms with Crippen molar-refractivity contribution in [1.82, 2.24) is 10.6 Å². The molecule has 0 amide bonds. The molecule has 0 rings (SSSR count). The largest absolute Gasteiger partial charge is 0.356 e. The van der Waals surface area contributed by atoms with Gasteiger partial charge in [0.1, 0.15) is 0 Å². The Labute approximate surface area is 118 Å². The van der Waals surface area contributed by atoms with Crippen molar-refractivity contribution in [1.29, 1.82) is 0 Å². The van der Waals surface area contributed by atoms with Gasteiger partial charge >= 0.3 is 0 Å². The molecule has 0 aliphatic rings. The molecule has 0 radical (unpaired) electrons. The molecular weight excluding hydrogens is 262 g/mol. The highest BCUT2D eigenvalue weighted by Crippen LogP contribution is 2.15. The molecule has 0 spiro atoms. The van der Waals surface area contributed by atoms with E-state index < -0.39 is 14.6 Å². The van der Waals surface area contributed by atoms with Crippen LogP contribution in [0.5, 0.6) is 0 Å². The maximum absolute atomic E-state index is 11.9. The van der Waals surface area contributed by atoms with Crippen LogP contribution >= 0.6 is 0 Å². The van der Waals surface area contributed by atoms with E-state index in [1.54, 1.807) is 27.8 Å². The molecule has 0 saturated heterocycles. The summed E-state index contributed by atoms with van der Waals surface area (Å²) in [6, 6.07) is 0. The van der Waals surface area contributed by atoms with Crippen molar-refractivity contribution in [2.75, 3.05) is 25.9 Å². The summed E-state index contributed by atoms with van der Waals surface area (Å²) < 4.78 is 23.1. The molecule has 0 unspecified atom stereocenters. The molecule has 0 bridgehead atoms. The van der Waals surface area contributed by atoms with Gasteiger partial charge in [-0.15, -0.1) is 0 Å². The highest BCUT2D eigenvalue weighted by Gasteiger charge is 2.28. The molecule has 0 aliphatic carbocycles. The average Bonchev–Trinajstić information content (AvgIpc) is 2.30. The zero-order valence-corrected chi connectivity index (χ0v) is 13.7. The van der Waals surface area contributed by atoms with E-state index in [1.165, 1.54) is 12.8 Å². The first-order chi connectivity index (χ1) is 8.74. The van der Waals surface area contributed by atoms with Crippen LogP contribution in [0, 0.1) is 0 Å². The Balaban J connectivity index is 4.04. The molecule has 0 heterocycles. The summed E-state index contributed by atoms with van der Waals surface area (Å²) in [5.41, 5.74) is 0. The second-order valence-electron chi connectivity index (χ2n) is 5.56. The van der Waals surface area contributed by atoms with Gasteiger partial charge in [0, 0.05) is 20.1 Å². The van der Waals surface area contributed by atoms with Crippen LogP contribution in [0.15, 0.2) is 4.99 Å². The fraction of sp³-hybridized carbons (Fsp3) is 0.923. The first-order valence-corrected chi connectivity index (χ1v) is 8.56. The Morgan fingerprint density at radius 3 is 2.16 bits per heavy atom. The van der Waals surface area contributed by atoms with Crippen LogP contribution in [0.2, 0.25) is 0 Å². The first-order valence-electron chi connectivity index (χ1n) is 6.91. The van der Waals surface area contributed by atoms with Gasteiger partial charge in [0.15, 0.2) is 15.8 Å². The van der Waals surface area contributed by atoms with Crippen molar-refractivity contribution in [2.24, 2.45) is 4.99 Å². The number of hydrogen-bond acceptors (Lipinski definition) is 3. The third-order valence-electron chi connectivity index (χ3n) is 2.89. The van der Waals surface area contributed by atoms with E-state index in [2.05, 4.69) is 22.5 Å². The number of aliphatic imine (C=N–C) groups is 1. The van der Waals surface area contributed by atoms with Gasteiger partial charge in [-0.25, -0.2) is 8.42 Å². The number of nitrogens with zero attached hydrogens (tertiary/aromatic N) is 1. The van der Waals surface area contributed by atoms with Crippen molar-refractivity contribution in [3.05, 3.63) is 0 Å². The van der Waals surface area contributed by atoms with Crippen molar-refractivity contribution in [3.8, 4) is 0 Å². The minimum Gasteiger partial charge on any atom is -0.356 e. The van der Waals surface area contributed by atoms with Crippen molar-refractivity contribution in [2.45, 2.75) is 51.7 Å². The summed E-state index contributed by atoms with van der Waals surface area (Å²) >= 11 is 0. The normalized spacial score (nSPS) is 13.4. The van der Waals surface area contributed by atoms with Crippen LogP contribution in [0.3, 0.4) is 0 Å². The molecule has 2 N–H and O–H groups in total. The van der Waals surface area contributed by atoms with E-state index >= 15 is 0 Å². The van der Waals surface area contributed by atoms with Gasteiger partial charge in [0.2, 0.25) is 0 Å². The Hall–Kier alpha value is -0.780. The predicted octanol–water partition coefficient (Wildman–Crippen LogP) is 1.55. The lowest BCUT2D eigenvalue weighted by atomic mass is 10.2. The quantitative estimate of drug-likeness (QED) is 0.424. The van der Waals surface area contributed by atoms with Crippen LogP contribution in [0.4, 0.5) is 0 Å². The second kappa shape index (κ2) is 8.40. The minimum atomic E-state index is -3.08. The summed E-state index contributed by atoms with van der Waals surface area (Å²) in [6.45, 7) is 8.57. The smallest absolute Gasteiger partial charge is 0.191 e.